The Morgan fingerprint density at radius 1 is 0.404 bits per heavy atom. The van der Waals surface area contributed by atoms with Gasteiger partial charge in [-0.1, -0.05) is 72.8 Å². The topological polar surface area (TPSA) is 108 Å². The van der Waals surface area contributed by atoms with Crippen LogP contribution in [0.4, 0.5) is 23.8 Å². The standard InChI is InChI=1S/C41H37N11/c1-40(2)32-25-49(28-17-9-5-10-18-28)36(42-32)46-37-44-34(27-51(37)30-21-13-7-14-22-30)41(3,4)35-45-39(52(48-35)31-23-15-8-16-24-31)47-38-43-33(40)26-50(38)29-19-11-6-12-20-29/h5-27H,1-4H3,(H,42,44,46)(H,43,45,47,48). The van der Waals surface area contributed by atoms with Gasteiger partial charge in [0.1, 0.15) is 0 Å². The Hall–Kier alpha value is -6.75. The van der Waals surface area contributed by atoms with E-state index in [4.69, 9.17) is 25.0 Å². The van der Waals surface area contributed by atoms with Crippen molar-refractivity contribution >= 4 is 23.8 Å². The van der Waals surface area contributed by atoms with Gasteiger partial charge in [-0.2, -0.15) is 9.67 Å². The number of hydrogen-bond donors (Lipinski definition) is 2. The van der Waals surface area contributed by atoms with Gasteiger partial charge in [-0.05, 0) is 76.2 Å². The normalized spacial score (nSPS) is 14.4. The highest BCUT2D eigenvalue weighted by molar-refractivity contribution is 5.58. The van der Waals surface area contributed by atoms with Crippen LogP contribution in [0.15, 0.2) is 140 Å². The van der Waals surface area contributed by atoms with E-state index in [2.05, 4.69) is 107 Å². The Morgan fingerprint density at radius 3 is 1.15 bits per heavy atom. The van der Waals surface area contributed by atoms with Crippen LogP contribution >= 0.6 is 0 Å². The van der Waals surface area contributed by atoms with Crippen molar-refractivity contribution < 1.29 is 0 Å². The third kappa shape index (κ3) is 5.25. The van der Waals surface area contributed by atoms with E-state index < -0.39 is 10.8 Å². The molecule has 8 aromatic rings. The smallest absolute Gasteiger partial charge is 0.233 e. The van der Waals surface area contributed by atoms with Gasteiger partial charge in [0, 0.05) is 35.7 Å². The van der Waals surface area contributed by atoms with Crippen molar-refractivity contribution in [1.82, 2.24) is 43.4 Å². The number of nitrogens with one attached hydrogen (secondary N) is 2. The van der Waals surface area contributed by atoms with Crippen molar-refractivity contribution in [3.05, 3.63) is 163 Å². The third-order valence-electron chi connectivity index (χ3n) is 9.76. The van der Waals surface area contributed by atoms with Crippen LogP contribution in [0.1, 0.15) is 50.6 Å². The number of anilines is 4. The number of fused-ring (bicyclic) bond motifs is 8. The van der Waals surface area contributed by atoms with Crippen molar-refractivity contribution in [2.75, 3.05) is 10.6 Å². The molecule has 256 valence electrons. The van der Waals surface area contributed by atoms with E-state index in [-0.39, 0.29) is 0 Å². The van der Waals surface area contributed by atoms with Gasteiger partial charge in [-0.3, -0.25) is 24.3 Å². The van der Waals surface area contributed by atoms with Crippen LogP contribution in [0.5, 0.6) is 0 Å². The molecule has 0 atom stereocenters. The van der Waals surface area contributed by atoms with Crippen molar-refractivity contribution in [2.24, 2.45) is 0 Å². The first kappa shape index (κ1) is 31.2. The first-order chi connectivity index (χ1) is 25.3. The number of hydrogen-bond acceptors (Lipinski definition) is 7. The molecule has 1 aliphatic rings. The highest BCUT2D eigenvalue weighted by Crippen LogP contribution is 2.38. The van der Waals surface area contributed by atoms with Gasteiger partial charge < -0.3 is 0 Å². The van der Waals surface area contributed by atoms with Crippen LogP contribution in [0, 0.1) is 0 Å². The molecule has 0 radical (unpaired) electrons. The molecule has 1 aliphatic heterocycles. The van der Waals surface area contributed by atoms with Crippen LogP contribution < -0.4 is 10.6 Å². The zero-order valence-corrected chi connectivity index (χ0v) is 29.3. The van der Waals surface area contributed by atoms with Gasteiger partial charge in [0.2, 0.25) is 23.8 Å². The van der Waals surface area contributed by atoms with Crippen LogP contribution in [0.25, 0.3) is 22.7 Å². The number of aromatic nitrogens is 9. The zero-order valence-electron chi connectivity index (χ0n) is 29.3. The van der Waals surface area contributed by atoms with Crippen LogP contribution in [0.2, 0.25) is 0 Å². The van der Waals surface area contributed by atoms with Gasteiger partial charge in [-0.15, -0.1) is 5.10 Å². The fraction of sp³-hybridized carbons (Fsp3) is 0.146. The van der Waals surface area contributed by atoms with Gasteiger partial charge >= 0.3 is 0 Å². The Morgan fingerprint density at radius 2 is 0.750 bits per heavy atom. The SMILES string of the molecule is CC1(C)c2cn(-c3ccccc3)c(n2)Nc2nc(cn2-c2ccccc2)C(C)(C)c2nc(n(-c3ccccc3)n2)Nc2nc1cn2-c1ccccc1. The quantitative estimate of drug-likeness (QED) is 0.192. The van der Waals surface area contributed by atoms with E-state index in [9.17, 15) is 0 Å². The molecule has 0 unspecified atom stereocenters. The molecule has 9 rings (SSSR count). The van der Waals surface area contributed by atoms with Crippen LogP contribution in [-0.2, 0) is 10.8 Å². The average Bonchev–Trinajstić information content (AvgIpc) is 3.99. The Balaban J connectivity index is 1.31. The highest BCUT2D eigenvalue weighted by atomic mass is 15.4. The Labute approximate surface area is 301 Å². The largest absolute Gasteiger partial charge is 0.295 e. The van der Waals surface area contributed by atoms with Gasteiger partial charge in [0.05, 0.1) is 33.6 Å². The van der Waals surface area contributed by atoms with Crippen molar-refractivity contribution in [2.45, 2.75) is 38.5 Å². The van der Waals surface area contributed by atoms with Crippen LogP contribution in [0.3, 0.4) is 0 Å². The maximum Gasteiger partial charge on any atom is 0.233 e. The minimum atomic E-state index is -0.716. The molecule has 4 aromatic heterocycles. The Kier molecular flexibility index (Phi) is 7.18. The summed E-state index contributed by atoms with van der Waals surface area (Å²) in [5, 5.41) is 12.4. The molecule has 0 fully saturated rings. The molecule has 52 heavy (non-hydrogen) atoms. The number of para-hydroxylation sites is 4. The monoisotopic (exact) mass is 683 g/mol. The minimum absolute atomic E-state index is 0.532. The summed E-state index contributed by atoms with van der Waals surface area (Å²) in [6.45, 7) is 8.49. The molecule has 2 N–H and O–H groups in total. The van der Waals surface area contributed by atoms with Gasteiger partial charge in [0.25, 0.3) is 0 Å². The predicted octanol–water partition coefficient (Wildman–Crippen LogP) is 8.28. The number of nitrogens with zero attached hydrogens (tertiary/aromatic N) is 9. The van der Waals surface area contributed by atoms with E-state index in [0.29, 0.717) is 29.6 Å². The molecule has 0 saturated carbocycles. The molecular weight excluding hydrogens is 647 g/mol. The molecule has 0 amide bonds. The summed E-state index contributed by atoms with van der Waals surface area (Å²) >= 11 is 0. The Bertz CT molecular complexity index is 2160. The summed E-state index contributed by atoms with van der Waals surface area (Å²) < 4.78 is 8.03. The molecule has 0 saturated heterocycles. The van der Waals surface area contributed by atoms with Crippen molar-refractivity contribution in [3.8, 4) is 22.7 Å². The molecule has 11 nitrogen and oxygen atoms in total. The first-order valence-electron chi connectivity index (χ1n) is 17.3. The molecule has 11 heteroatoms. The van der Waals surface area contributed by atoms with E-state index in [1.807, 2.05) is 89.6 Å². The zero-order chi connectivity index (χ0) is 35.5. The summed E-state index contributed by atoms with van der Waals surface area (Å²) in [5.41, 5.74) is 4.87. The molecule has 4 aromatic carbocycles. The minimum Gasteiger partial charge on any atom is -0.295 e. The maximum absolute atomic E-state index is 5.27. The second-order valence-electron chi connectivity index (χ2n) is 14.0. The highest BCUT2D eigenvalue weighted by Gasteiger charge is 2.36. The summed E-state index contributed by atoms with van der Waals surface area (Å²) in [7, 11) is 0. The van der Waals surface area contributed by atoms with Crippen molar-refractivity contribution in [1.29, 1.82) is 0 Å². The second-order valence-corrected chi connectivity index (χ2v) is 14.0. The third-order valence-corrected chi connectivity index (χ3v) is 9.76. The van der Waals surface area contributed by atoms with Crippen LogP contribution in [-0.4, -0.2) is 43.4 Å². The fourth-order valence-electron chi connectivity index (χ4n) is 6.52. The maximum atomic E-state index is 5.27. The van der Waals surface area contributed by atoms with E-state index >= 15 is 0 Å². The fourth-order valence-corrected chi connectivity index (χ4v) is 6.52. The summed E-state index contributed by atoms with van der Waals surface area (Å²) in [6.07, 6.45) is 6.22. The lowest BCUT2D eigenvalue weighted by atomic mass is 9.86. The molecule has 0 aliphatic carbocycles. The first-order valence-corrected chi connectivity index (χ1v) is 17.3. The van der Waals surface area contributed by atoms with E-state index in [0.717, 1.165) is 39.8 Å². The average molecular weight is 684 g/mol. The summed E-state index contributed by atoms with van der Waals surface area (Å²) in [4.78, 5) is 21.0. The van der Waals surface area contributed by atoms with Gasteiger partial charge in [-0.25, -0.2) is 15.0 Å². The molecule has 5 heterocycles. The number of benzene rings is 4. The molecule has 8 bridgehead atoms. The predicted molar refractivity (Wildman–Crippen MR) is 203 cm³/mol. The number of rotatable bonds is 4. The second kappa shape index (κ2) is 11.9. The lowest BCUT2D eigenvalue weighted by Crippen LogP contribution is -2.22. The van der Waals surface area contributed by atoms with Crippen molar-refractivity contribution in [3.63, 3.8) is 0 Å². The lowest BCUT2D eigenvalue weighted by Gasteiger charge is -2.19. The molecular formula is C41H37N11. The van der Waals surface area contributed by atoms with Gasteiger partial charge in [0.15, 0.2) is 5.82 Å². The number of imidazole rings is 3. The van der Waals surface area contributed by atoms with E-state index in [1.165, 1.54) is 0 Å². The summed E-state index contributed by atoms with van der Waals surface area (Å²) in [6, 6.07) is 40.6. The summed E-state index contributed by atoms with van der Waals surface area (Å²) in [5.74, 6) is 2.98. The van der Waals surface area contributed by atoms with E-state index in [1.54, 1.807) is 0 Å². The lowest BCUT2D eigenvalue weighted by molar-refractivity contribution is 0.571. The molecule has 0 spiro atoms.